The Labute approximate surface area is 94.8 Å². The highest BCUT2D eigenvalue weighted by Crippen LogP contribution is 2.18. The number of rotatable bonds is 2. The average Bonchev–Trinajstić information content (AvgIpc) is 2.03. The van der Waals surface area contributed by atoms with Gasteiger partial charge in [-0.15, -0.1) is 11.6 Å². The lowest BCUT2D eigenvalue weighted by molar-refractivity contribution is 1.65. The first-order valence-corrected chi connectivity index (χ1v) is 8.48. The molecule has 0 spiro atoms. The molecule has 0 aliphatic heterocycles. The highest BCUT2D eigenvalue weighted by molar-refractivity contribution is 6.95. The van der Waals surface area contributed by atoms with Crippen LogP contribution >= 0.6 is 34.8 Å². The lowest BCUT2D eigenvalue weighted by atomic mass is 10.4. The zero-order valence-electron chi connectivity index (χ0n) is 7.57. The summed E-state index contributed by atoms with van der Waals surface area (Å²) >= 11 is 17.8. The van der Waals surface area contributed by atoms with Crippen molar-refractivity contribution in [3.63, 3.8) is 0 Å². The lowest BCUT2D eigenvalue weighted by Gasteiger charge is -2.20. The molecular formula is C9H11Cl3Si. The predicted molar refractivity (Wildman–Crippen MR) is 64.3 cm³/mol. The number of alkyl halides is 1. The van der Waals surface area contributed by atoms with Crippen LogP contribution in [-0.4, -0.2) is 13.6 Å². The zero-order valence-corrected chi connectivity index (χ0v) is 10.8. The second-order valence-corrected chi connectivity index (χ2v) is 9.86. The molecule has 4 heteroatoms. The molecule has 0 atom stereocenters. The molecule has 72 valence electrons. The van der Waals surface area contributed by atoms with E-state index in [9.17, 15) is 0 Å². The van der Waals surface area contributed by atoms with Crippen LogP contribution in [0.15, 0.2) is 18.2 Å². The second-order valence-electron chi connectivity index (χ2n) is 3.64. The Kier molecular flexibility index (Phi) is 3.70. The van der Waals surface area contributed by atoms with E-state index in [-0.39, 0.29) is 0 Å². The molecule has 0 fully saturated rings. The molecule has 0 heterocycles. The van der Waals surface area contributed by atoms with Gasteiger partial charge in [-0.1, -0.05) is 42.4 Å². The topological polar surface area (TPSA) is 0 Å². The fourth-order valence-corrected chi connectivity index (χ4v) is 4.12. The number of halogens is 3. The first kappa shape index (κ1) is 11.4. The third kappa shape index (κ3) is 2.63. The largest absolute Gasteiger partial charge is 0.130 e. The summed E-state index contributed by atoms with van der Waals surface area (Å²) in [4.78, 5) is 0. The van der Waals surface area contributed by atoms with Gasteiger partial charge < -0.3 is 0 Å². The second kappa shape index (κ2) is 4.22. The first-order valence-electron chi connectivity index (χ1n) is 3.99. The van der Waals surface area contributed by atoms with E-state index in [2.05, 4.69) is 13.1 Å². The summed E-state index contributed by atoms with van der Waals surface area (Å²) in [6.07, 6.45) is 0. The molecule has 1 aromatic carbocycles. The summed E-state index contributed by atoms with van der Waals surface area (Å²) in [5, 5.41) is 2.59. The Morgan fingerprint density at radius 2 is 1.85 bits per heavy atom. The van der Waals surface area contributed by atoms with E-state index in [0.29, 0.717) is 10.5 Å². The van der Waals surface area contributed by atoms with Gasteiger partial charge in [-0.05, 0) is 17.3 Å². The van der Waals surface area contributed by atoms with Crippen LogP contribution in [0.3, 0.4) is 0 Å². The molecule has 0 bridgehead atoms. The monoisotopic (exact) mass is 252 g/mol. The van der Waals surface area contributed by atoms with Gasteiger partial charge >= 0.3 is 0 Å². The van der Waals surface area contributed by atoms with Gasteiger partial charge in [0.2, 0.25) is 0 Å². The van der Waals surface area contributed by atoms with Crippen molar-refractivity contribution < 1.29 is 0 Å². The molecule has 0 aliphatic carbocycles. The first-order chi connectivity index (χ1) is 5.97. The molecule has 0 nitrogen and oxygen atoms in total. The molecule has 0 aliphatic rings. The maximum absolute atomic E-state index is 6.08. The Balaban J connectivity index is 3.16. The van der Waals surface area contributed by atoms with Gasteiger partial charge in [0.25, 0.3) is 0 Å². The fraction of sp³-hybridized carbons (Fsp3) is 0.333. The minimum absolute atomic E-state index is 0.674. The molecule has 1 aromatic rings. The molecular weight excluding hydrogens is 243 g/mol. The Morgan fingerprint density at radius 1 is 1.23 bits per heavy atom. The van der Waals surface area contributed by atoms with Crippen molar-refractivity contribution in [3.8, 4) is 0 Å². The van der Waals surface area contributed by atoms with Gasteiger partial charge in [0.1, 0.15) is 0 Å². The quantitative estimate of drug-likeness (QED) is 0.557. The number of hydrogen-bond acceptors (Lipinski definition) is 0. The Morgan fingerprint density at radius 3 is 2.31 bits per heavy atom. The molecule has 0 unspecified atom stereocenters. The van der Waals surface area contributed by atoms with E-state index in [1.54, 1.807) is 6.07 Å². The minimum Gasteiger partial charge on any atom is -0.130 e. The summed E-state index contributed by atoms with van der Waals surface area (Å²) in [6.45, 7) is 4.38. The normalized spacial score (nSPS) is 11.8. The van der Waals surface area contributed by atoms with Crippen molar-refractivity contribution in [2.45, 2.75) is 13.1 Å². The maximum atomic E-state index is 6.08. The van der Waals surface area contributed by atoms with E-state index < -0.39 is 8.07 Å². The average molecular weight is 254 g/mol. The van der Waals surface area contributed by atoms with Gasteiger partial charge in [-0.2, -0.15) is 0 Å². The highest BCUT2D eigenvalue weighted by atomic mass is 35.5. The third-order valence-corrected chi connectivity index (χ3v) is 7.27. The zero-order chi connectivity index (χ0) is 10.1. The number of hydrogen-bond donors (Lipinski definition) is 0. The molecule has 1 rings (SSSR count). The van der Waals surface area contributed by atoms with Crippen LogP contribution in [0.2, 0.25) is 23.1 Å². The Bertz CT molecular complexity index is 310. The van der Waals surface area contributed by atoms with E-state index in [0.717, 1.165) is 5.02 Å². The Hall–Kier alpha value is 0.307. The van der Waals surface area contributed by atoms with Gasteiger partial charge in [0.05, 0.1) is 8.07 Å². The lowest BCUT2D eigenvalue weighted by Crippen LogP contribution is -2.44. The molecule has 0 amide bonds. The predicted octanol–water partition coefficient (Wildman–Crippen LogP) is 3.69. The molecule has 0 radical (unpaired) electrons. The van der Waals surface area contributed by atoms with Crippen LogP contribution in [0.1, 0.15) is 0 Å². The van der Waals surface area contributed by atoms with Crippen molar-refractivity contribution in [2.24, 2.45) is 0 Å². The van der Waals surface area contributed by atoms with E-state index in [4.69, 9.17) is 34.8 Å². The summed E-state index contributed by atoms with van der Waals surface area (Å²) < 4.78 is 0. The summed E-state index contributed by atoms with van der Waals surface area (Å²) in [6, 6.07) is 5.63. The number of benzene rings is 1. The molecule has 0 saturated heterocycles. The molecule has 0 aromatic heterocycles. The van der Waals surface area contributed by atoms with Crippen LogP contribution in [0, 0.1) is 0 Å². The van der Waals surface area contributed by atoms with Crippen LogP contribution < -0.4 is 5.19 Å². The SMILES string of the molecule is C[Si](C)(CCl)c1ccc(Cl)cc1Cl. The van der Waals surface area contributed by atoms with Crippen molar-refractivity contribution in [2.75, 3.05) is 5.50 Å². The van der Waals surface area contributed by atoms with Crippen molar-refractivity contribution in [3.05, 3.63) is 28.2 Å². The van der Waals surface area contributed by atoms with Crippen LogP contribution in [-0.2, 0) is 0 Å². The van der Waals surface area contributed by atoms with Crippen molar-refractivity contribution in [1.29, 1.82) is 0 Å². The maximum Gasteiger partial charge on any atom is 0.0978 e. The van der Waals surface area contributed by atoms with E-state index in [1.165, 1.54) is 5.19 Å². The molecule has 0 N–H and O–H groups in total. The summed E-state index contributed by atoms with van der Waals surface area (Å²) in [7, 11) is -1.55. The van der Waals surface area contributed by atoms with Crippen molar-refractivity contribution >= 4 is 48.1 Å². The fourth-order valence-electron chi connectivity index (χ4n) is 1.11. The molecule has 0 saturated carbocycles. The van der Waals surface area contributed by atoms with Gasteiger partial charge in [-0.25, -0.2) is 0 Å². The van der Waals surface area contributed by atoms with Crippen LogP contribution in [0.25, 0.3) is 0 Å². The van der Waals surface area contributed by atoms with Gasteiger partial charge in [0, 0.05) is 15.5 Å². The smallest absolute Gasteiger partial charge is 0.0978 e. The molecule has 13 heavy (non-hydrogen) atoms. The summed E-state index contributed by atoms with van der Waals surface area (Å²) in [5.41, 5.74) is 0.675. The standard InChI is InChI=1S/C9H11Cl3Si/c1-13(2,6-10)9-4-3-7(11)5-8(9)12/h3-5H,6H2,1-2H3. The summed E-state index contributed by atoms with van der Waals surface area (Å²) in [5.74, 6) is 0. The van der Waals surface area contributed by atoms with Gasteiger partial charge in [-0.3, -0.25) is 0 Å². The highest BCUT2D eigenvalue weighted by Gasteiger charge is 2.24. The van der Waals surface area contributed by atoms with E-state index in [1.807, 2.05) is 12.1 Å². The van der Waals surface area contributed by atoms with Crippen molar-refractivity contribution in [1.82, 2.24) is 0 Å². The van der Waals surface area contributed by atoms with Gasteiger partial charge in [0.15, 0.2) is 0 Å². The third-order valence-electron chi connectivity index (χ3n) is 1.99. The van der Waals surface area contributed by atoms with E-state index >= 15 is 0 Å². The van der Waals surface area contributed by atoms with Crippen LogP contribution in [0.4, 0.5) is 0 Å². The minimum atomic E-state index is -1.55. The van der Waals surface area contributed by atoms with Crippen LogP contribution in [0.5, 0.6) is 0 Å².